The van der Waals surface area contributed by atoms with Gasteiger partial charge in [-0.05, 0) is 70.1 Å². The van der Waals surface area contributed by atoms with Crippen LogP contribution in [-0.2, 0) is 7.05 Å². The maximum atomic E-state index is 12.7. The molecule has 0 radical (unpaired) electrons. The third-order valence-corrected chi connectivity index (χ3v) is 5.54. The highest BCUT2D eigenvalue weighted by molar-refractivity contribution is 7.17. The van der Waals surface area contributed by atoms with Crippen molar-refractivity contribution in [3.63, 3.8) is 0 Å². The largest absolute Gasteiger partial charge is 0.307 e. The SMILES string of the molecule is C=c1cnc(NC(=O)c2ccc3sccc3c2)c/c1=C/C(=C\C)c1cnn(C)c1. The molecule has 0 spiro atoms. The minimum Gasteiger partial charge on any atom is -0.307 e. The summed E-state index contributed by atoms with van der Waals surface area (Å²) in [5.74, 6) is 0.299. The molecule has 0 aliphatic carbocycles. The maximum Gasteiger partial charge on any atom is 0.256 e. The number of rotatable bonds is 4. The van der Waals surface area contributed by atoms with E-state index in [1.54, 1.807) is 22.2 Å². The van der Waals surface area contributed by atoms with Crippen LogP contribution >= 0.6 is 11.3 Å². The molecule has 0 fully saturated rings. The van der Waals surface area contributed by atoms with Gasteiger partial charge in [0.15, 0.2) is 0 Å². The zero-order valence-corrected chi connectivity index (χ0v) is 17.0. The lowest BCUT2D eigenvalue weighted by atomic mass is 10.1. The van der Waals surface area contributed by atoms with Crippen LogP contribution in [0.15, 0.2) is 60.4 Å². The molecule has 0 saturated carbocycles. The summed E-state index contributed by atoms with van der Waals surface area (Å²) < 4.78 is 2.92. The van der Waals surface area contributed by atoms with Crippen LogP contribution < -0.4 is 15.8 Å². The van der Waals surface area contributed by atoms with E-state index in [1.807, 2.05) is 74.2 Å². The van der Waals surface area contributed by atoms with Gasteiger partial charge in [0.1, 0.15) is 5.82 Å². The molecule has 3 aromatic heterocycles. The third-order valence-electron chi connectivity index (χ3n) is 4.64. The van der Waals surface area contributed by atoms with E-state index in [-0.39, 0.29) is 5.91 Å². The van der Waals surface area contributed by atoms with Gasteiger partial charge in [0, 0.05) is 35.3 Å². The molecule has 3 heterocycles. The number of carbonyl (C=O) groups is 1. The summed E-state index contributed by atoms with van der Waals surface area (Å²) in [5, 5.41) is 11.9. The number of anilines is 1. The molecular formula is C23H20N4OS. The van der Waals surface area contributed by atoms with Crippen molar-refractivity contribution in [1.82, 2.24) is 14.8 Å². The summed E-state index contributed by atoms with van der Waals surface area (Å²) in [6.07, 6.45) is 9.48. The number of nitrogens with zero attached hydrogens (tertiary/aromatic N) is 3. The fourth-order valence-electron chi connectivity index (χ4n) is 3.07. The topological polar surface area (TPSA) is 59.8 Å². The number of amides is 1. The van der Waals surface area contributed by atoms with Crippen LogP contribution in [0.5, 0.6) is 0 Å². The van der Waals surface area contributed by atoms with Crippen molar-refractivity contribution < 1.29 is 4.79 Å². The fourth-order valence-corrected chi connectivity index (χ4v) is 3.84. The van der Waals surface area contributed by atoms with Crippen molar-refractivity contribution in [2.45, 2.75) is 6.92 Å². The van der Waals surface area contributed by atoms with Crippen molar-refractivity contribution in [2.24, 2.45) is 7.05 Å². The Morgan fingerprint density at radius 2 is 2.07 bits per heavy atom. The number of thiophene rings is 1. The second kappa shape index (κ2) is 7.85. The molecule has 6 heteroatoms. The van der Waals surface area contributed by atoms with Crippen LogP contribution in [0.25, 0.3) is 28.3 Å². The lowest BCUT2D eigenvalue weighted by Gasteiger charge is -2.05. The minimum atomic E-state index is -0.188. The summed E-state index contributed by atoms with van der Waals surface area (Å²) in [5.41, 5.74) is 2.64. The van der Waals surface area contributed by atoms with Crippen molar-refractivity contribution in [3.8, 4) is 0 Å². The minimum absolute atomic E-state index is 0.188. The normalized spacial score (nSPS) is 12.5. The number of fused-ring (bicyclic) bond motifs is 1. The zero-order chi connectivity index (χ0) is 20.4. The van der Waals surface area contributed by atoms with Gasteiger partial charge in [-0.25, -0.2) is 4.98 Å². The van der Waals surface area contributed by atoms with E-state index in [0.717, 1.165) is 31.7 Å². The first-order chi connectivity index (χ1) is 14.0. The van der Waals surface area contributed by atoms with E-state index in [4.69, 9.17) is 0 Å². The zero-order valence-electron chi connectivity index (χ0n) is 16.2. The van der Waals surface area contributed by atoms with Crippen LogP contribution in [0.4, 0.5) is 5.82 Å². The third kappa shape index (κ3) is 4.02. The van der Waals surface area contributed by atoms with E-state index in [2.05, 4.69) is 22.0 Å². The van der Waals surface area contributed by atoms with Crippen molar-refractivity contribution in [3.05, 3.63) is 81.9 Å². The van der Waals surface area contributed by atoms with Gasteiger partial charge in [-0.3, -0.25) is 9.48 Å². The molecule has 0 unspecified atom stereocenters. The van der Waals surface area contributed by atoms with Crippen LogP contribution in [0.2, 0.25) is 0 Å². The molecule has 1 N–H and O–H groups in total. The number of hydrogen-bond donors (Lipinski definition) is 1. The van der Waals surface area contributed by atoms with Crippen molar-refractivity contribution >= 4 is 51.4 Å². The first-order valence-corrected chi connectivity index (χ1v) is 10.0. The molecule has 144 valence electrons. The number of hydrogen-bond acceptors (Lipinski definition) is 4. The first kappa shape index (κ1) is 18.8. The fraction of sp³-hybridized carbons (Fsp3) is 0.0870. The number of pyridine rings is 1. The Labute approximate surface area is 172 Å². The molecule has 1 amide bonds. The Kier molecular flexibility index (Phi) is 5.10. The standard InChI is InChI=1S/C23H20N4OS/c1-4-16(20-13-25-27(3)14-20)9-19-11-22(24-12-15(19)2)26-23(28)18-5-6-21-17(10-18)7-8-29-21/h4-14H,2H2,1,3H3,(H,26,28)/b16-4+,19-9-. The Morgan fingerprint density at radius 3 is 2.83 bits per heavy atom. The van der Waals surface area contributed by atoms with Gasteiger partial charge in [0.25, 0.3) is 5.91 Å². The highest BCUT2D eigenvalue weighted by Gasteiger charge is 2.08. The number of allylic oxidation sites excluding steroid dienone is 2. The molecule has 0 saturated heterocycles. The van der Waals surface area contributed by atoms with Gasteiger partial charge in [-0.1, -0.05) is 12.7 Å². The average Bonchev–Trinajstić information content (AvgIpc) is 3.36. The Hall–Kier alpha value is -3.51. The van der Waals surface area contributed by atoms with Crippen LogP contribution in [-0.4, -0.2) is 20.7 Å². The molecule has 1 aromatic carbocycles. The average molecular weight is 401 g/mol. The molecule has 0 aliphatic rings. The Bertz CT molecular complexity index is 1350. The number of aryl methyl sites for hydroxylation is 1. The summed E-state index contributed by atoms with van der Waals surface area (Å²) in [6.45, 7) is 6.04. The van der Waals surface area contributed by atoms with Gasteiger partial charge in [0.2, 0.25) is 0 Å². The van der Waals surface area contributed by atoms with E-state index in [9.17, 15) is 4.79 Å². The second-order valence-electron chi connectivity index (χ2n) is 6.69. The van der Waals surface area contributed by atoms with Crippen molar-refractivity contribution in [2.75, 3.05) is 5.32 Å². The summed E-state index contributed by atoms with van der Waals surface area (Å²) in [6, 6.07) is 9.54. The number of aromatic nitrogens is 3. The molecule has 0 bridgehead atoms. The number of nitrogens with one attached hydrogen (secondary N) is 1. The van der Waals surface area contributed by atoms with Gasteiger partial charge in [-0.2, -0.15) is 5.10 Å². The number of carbonyl (C=O) groups excluding carboxylic acids is 1. The molecule has 29 heavy (non-hydrogen) atoms. The van der Waals surface area contributed by atoms with Crippen LogP contribution in [0.1, 0.15) is 22.8 Å². The predicted octanol–water partition coefficient (Wildman–Crippen LogP) is 3.58. The Balaban J connectivity index is 1.64. The quantitative estimate of drug-likeness (QED) is 0.570. The number of benzene rings is 1. The predicted molar refractivity (Wildman–Crippen MR) is 120 cm³/mol. The molecule has 4 rings (SSSR count). The highest BCUT2D eigenvalue weighted by Crippen LogP contribution is 2.22. The first-order valence-electron chi connectivity index (χ1n) is 9.14. The van der Waals surface area contributed by atoms with E-state index < -0.39 is 0 Å². The molecular weight excluding hydrogens is 380 g/mol. The Morgan fingerprint density at radius 1 is 1.21 bits per heavy atom. The monoisotopic (exact) mass is 400 g/mol. The van der Waals surface area contributed by atoms with E-state index in [0.29, 0.717) is 11.4 Å². The molecule has 0 atom stereocenters. The van der Waals surface area contributed by atoms with Gasteiger partial charge in [-0.15, -0.1) is 11.3 Å². The van der Waals surface area contributed by atoms with Crippen molar-refractivity contribution in [1.29, 1.82) is 0 Å². The lowest BCUT2D eigenvalue weighted by Crippen LogP contribution is -2.25. The van der Waals surface area contributed by atoms with Gasteiger partial charge >= 0.3 is 0 Å². The summed E-state index contributed by atoms with van der Waals surface area (Å²) in [4.78, 5) is 17.0. The summed E-state index contributed by atoms with van der Waals surface area (Å²) >= 11 is 1.66. The molecule has 4 aromatic rings. The van der Waals surface area contributed by atoms with Gasteiger partial charge < -0.3 is 5.32 Å². The highest BCUT2D eigenvalue weighted by atomic mass is 32.1. The van der Waals surface area contributed by atoms with Crippen LogP contribution in [0.3, 0.4) is 0 Å². The smallest absolute Gasteiger partial charge is 0.256 e. The lowest BCUT2D eigenvalue weighted by molar-refractivity contribution is 0.102. The van der Waals surface area contributed by atoms with E-state index in [1.165, 1.54) is 0 Å². The second-order valence-corrected chi connectivity index (χ2v) is 7.63. The van der Waals surface area contributed by atoms with Gasteiger partial charge in [0.05, 0.1) is 6.20 Å². The summed E-state index contributed by atoms with van der Waals surface area (Å²) in [7, 11) is 1.89. The maximum absolute atomic E-state index is 12.7. The van der Waals surface area contributed by atoms with E-state index >= 15 is 0 Å². The van der Waals surface area contributed by atoms with Crippen LogP contribution in [0, 0.1) is 0 Å². The molecule has 5 nitrogen and oxygen atoms in total. The molecule has 0 aliphatic heterocycles.